The second kappa shape index (κ2) is 6.31. The summed E-state index contributed by atoms with van der Waals surface area (Å²) in [4.78, 5) is 0. The van der Waals surface area contributed by atoms with Crippen molar-refractivity contribution in [1.82, 2.24) is 0 Å². The van der Waals surface area contributed by atoms with Gasteiger partial charge in [0.15, 0.2) is 0 Å². The van der Waals surface area contributed by atoms with E-state index < -0.39 is 7.71 Å². The van der Waals surface area contributed by atoms with Gasteiger partial charge in [-0.05, 0) is 0 Å². The van der Waals surface area contributed by atoms with Crippen LogP contribution in [0, 0.1) is 0 Å². The fourth-order valence-electron chi connectivity index (χ4n) is 0. The minimum atomic E-state index is -3.50. The molecule has 0 saturated carbocycles. The molecule has 7 heteroatoms. The van der Waals surface area contributed by atoms with Crippen LogP contribution in [0.3, 0.4) is 0 Å². The Bertz CT molecular complexity index is 94.1. The summed E-state index contributed by atoms with van der Waals surface area (Å²) in [6.45, 7) is 0. The first-order chi connectivity index (χ1) is 2.00. The third-order valence-corrected chi connectivity index (χ3v) is 0. The van der Waals surface area contributed by atoms with Gasteiger partial charge in [-0.15, -0.1) is 0 Å². The van der Waals surface area contributed by atoms with Crippen LogP contribution in [0.25, 0.3) is 0 Å². The van der Waals surface area contributed by atoms with Gasteiger partial charge in [0, 0.05) is 0 Å². The SMILES string of the molecule is [Ag+].[Ag+].[O-]S([O-])(=S)=S. The molecule has 0 aromatic rings. The Morgan fingerprint density at radius 3 is 1.00 bits per heavy atom. The number of hydrogen-bond donors (Lipinski definition) is 0. The average molecular weight is 344 g/mol. The van der Waals surface area contributed by atoms with Gasteiger partial charge in [-0.25, -0.2) is 7.71 Å². The van der Waals surface area contributed by atoms with E-state index >= 15 is 0 Å². The molecule has 0 saturated heterocycles. The van der Waals surface area contributed by atoms with E-state index in [1.54, 1.807) is 0 Å². The molecule has 0 aliphatic heterocycles. The zero-order valence-corrected chi connectivity index (χ0v) is 8.06. The third-order valence-electron chi connectivity index (χ3n) is 0. The van der Waals surface area contributed by atoms with E-state index in [4.69, 9.17) is 0 Å². The fraction of sp³-hybridized carbons (Fsp3) is 0. The molecule has 0 fully saturated rings. The molecule has 0 bridgehead atoms. The van der Waals surface area contributed by atoms with Gasteiger partial charge in [0.25, 0.3) is 0 Å². The quantitative estimate of drug-likeness (QED) is 0.547. The third kappa shape index (κ3) is 65.4. The molecule has 0 aromatic heterocycles. The molecule has 2 nitrogen and oxygen atoms in total. The Morgan fingerprint density at radius 1 is 1.00 bits per heavy atom. The van der Waals surface area contributed by atoms with Gasteiger partial charge in [-0.3, -0.25) is 0 Å². The first kappa shape index (κ1) is 16.1. The topological polar surface area (TPSA) is 46.1 Å². The van der Waals surface area contributed by atoms with Gasteiger partial charge in [0.1, 0.15) is 0 Å². The number of hydrogen-bond acceptors (Lipinski definition) is 4. The van der Waals surface area contributed by atoms with Crippen molar-refractivity contribution in [3.05, 3.63) is 0 Å². The maximum atomic E-state index is 9.26. The van der Waals surface area contributed by atoms with E-state index in [9.17, 15) is 9.11 Å². The summed E-state index contributed by atoms with van der Waals surface area (Å²) in [5.41, 5.74) is 0. The van der Waals surface area contributed by atoms with E-state index in [2.05, 4.69) is 22.4 Å². The molecule has 0 radical (unpaired) electrons. The Morgan fingerprint density at radius 2 is 1.00 bits per heavy atom. The largest absolute Gasteiger partial charge is 1.00 e. The molecule has 0 amide bonds. The molecule has 0 N–H and O–H groups in total. The standard InChI is InChI=1S/2Ag.H2O2S3/c;;1-5(2,3)4/h;;(H2,1,2,3,4)/q2*+1;/p-2. The molecule has 0 aromatic carbocycles. The van der Waals surface area contributed by atoms with Crippen LogP contribution in [0.1, 0.15) is 0 Å². The molecule has 0 aliphatic rings. The normalized spacial score (nSPS) is 8.29. The summed E-state index contributed by atoms with van der Waals surface area (Å²) in [6.07, 6.45) is 0. The van der Waals surface area contributed by atoms with Gasteiger partial charge in [-0.1, -0.05) is 22.4 Å². The van der Waals surface area contributed by atoms with Crippen LogP contribution in [-0.2, 0) is 74.8 Å². The fourth-order valence-corrected chi connectivity index (χ4v) is 0. The van der Waals surface area contributed by atoms with Gasteiger partial charge in [-0.2, -0.15) is 0 Å². The molecule has 7 heavy (non-hydrogen) atoms. The van der Waals surface area contributed by atoms with Crippen LogP contribution in [0.15, 0.2) is 0 Å². The van der Waals surface area contributed by atoms with Gasteiger partial charge in [0.05, 0.1) is 0 Å². The van der Waals surface area contributed by atoms with Gasteiger partial charge >= 0.3 is 44.8 Å². The van der Waals surface area contributed by atoms with E-state index in [0.29, 0.717) is 0 Å². The maximum Gasteiger partial charge on any atom is 1.00 e. The van der Waals surface area contributed by atoms with Crippen LogP contribution >= 0.6 is 0 Å². The smallest absolute Gasteiger partial charge is 0.801 e. The first-order valence-electron chi connectivity index (χ1n) is 0.667. The monoisotopic (exact) mass is 342 g/mol. The second-order valence-electron chi connectivity index (χ2n) is 0.408. The zero-order chi connectivity index (χ0) is 4.50. The van der Waals surface area contributed by atoms with Crippen LogP contribution in [0.2, 0.25) is 0 Å². The van der Waals surface area contributed by atoms with E-state index in [1.807, 2.05) is 0 Å². The Hall–Kier alpha value is 2.19. The van der Waals surface area contributed by atoms with Crippen molar-refractivity contribution >= 4 is 30.1 Å². The molecule has 0 heterocycles. The minimum Gasteiger partial charge on any atom is -0.801 e. The Kier molecular flexibility index (Phi) is 14.5. The van der Waals surface area contributed by atoms with E-state index in [1.165, 1.54) is 0 Å². The molecule has 52 valence electrons. The van der Waals surface area contributed by atoms with Crippen molar-refractivity contribution in [2.45, 2.75) is 0 Å². The van der Waals surface area contributed by atoms with E-state index in [-0.39, 0.29) is 44.8 Å². The predicted molar refractivity (Wildman–Crippen MR) is 23.6 cm³/mol. The summed E-state index contributed by atoms with van der Waals surface area (Å²) in [6, 6.07) is 0. The summed E-state index contributed by atoms with van der Waals surface area (Å²) < 4.78 is 18.5. The first-order valence-corrected chi connectivity index (χ1v) is 4.00. The van der Waals surface area contributed by atoms with Crippen LogP contribution < -0.4 is 0 Å². The molecule has 0 rings (SSSR count). The minimum absolute atomic E-state index is 0. The maximum absolute atomic E-state index is 9.26. The predicted octanol–water partition coefficient (Wildman–Crippen LogP) is -0.680. The molecule has 0 unspecified atom stereocenters. The summed E-state index contributed by atoms with van der Waals surface area (Å²) in [7, 11) is -3.50. The molecular weight excluding hydrogens is 344 g/mol. The second-order valence-corrected chi connectivity index (χ2v) is 4.49. The zero-order valence-electron chi connectivity index (χ0n) is 2.64. The molecular formula is Ag2O2S3. The summed E-state index contributed by atoms with van der Waals surface area (Å²) in [5, 5.41) is 0. The Balaban J connectivity index is -0.0000000800. The summed E-state index contributed by atoms with van der Waals surface area (Å²) in [5.74, 6) is 0. The number of rotatable bonds is 0. The van der Waals surface area contributed by atoms with Crippen LogP contribution in [-0.4, -0.2) is 9.11 Å². The van der Waals surface area contributed by atoms with Gasteiger partial charge in [0.2, 0.25) is 0 Å². The van der Waals surface area contributed by atoms with E-state index in [0.717, 1.165) is 0 Å². The van der Waals surface area contributed by atoms with Crippen molar-refractivity contribution in [2.75, 3.05) is 0 Å². The van der Waals surface area contributed by atoms with Crippen LogP contribution in [0.4, 0.5) is 0 Å². The van der Waals surface area contributed by atoms with Crippen molar-refractivity contribution in [2.24, 2.45) is 0 Å². The van der Waals surface area contributed by atoms with Crippen molar-refractivity contribution in [1.29, 1.82) is 0 Å². The van der Waals surface area contributed by atoms with Crippen molar-refractivity contribution in [3.63, 3.8) is 0 Å². The molecule has 0 spiro atoms. The van der Waals surface area contributed by atoms with Crippen molar-refractivity contribution < 1.29 is 53.9 Å². The van der Waals surface area contributed by atoms with Crippen molar-refractivity contribution in [3.8, 4) is 0 Å². The molecule has 0 aliphatic carbocycles. The summed E-state index contributed by atoms with van der Waals surface area (Å²) >= 11 is 7.23. The van der Waals surface area contributed by atoms with Crippen LogP contribution in [0.5, 0.6) is 0 Å². The van der Waals surface area contributed by atoms with Gasteiger partial charge < -0.3 is 9.11 Å². The Labute approximate surface area is 82.9 Å². The molecule has 0 atom stereocenters. The average Bonchev–Trinajstić information content (AvgIpc) is 0.722.